The van der Waals surface area contributed by atoms with Gasteiger partial charge in [-0.25, -0.2) is 0 Å². The minimum absolute atomic E-state index is 0.0790. The second kappa shape index (κ2) is 14.2. The van der Waals surface area contributed by atoms with Gasteiger partial charge in [-0.2, -0.15) is 0 Å². The summed E-state index contributed by atoms with van der Waals surface area (Å²) in [6, 6.07) is 28.6. The molecule has 0 heterocycles. The Morgan fingerprint density at radius 2 is 1.46 bits per heavy atom. The number of nitrogens with one attached hydrogen (secondary N) is 4. The molecule has 0 atom stereocenters. The monoisotopic (exact) mass is 630 g/mol. The number of amides is 3. The topological polar surface area (TPSA) is 109 Å². The molecule has 0 aliphatic heterocycles. The van der Waals surface area contributed by atoms with Crippen molar-refractivity contribution in [2.75, 3.05) is 11.9 Å². The summed E-state index contributed by atoms with van der Waals surface area (Å²) >= 11 is 8.59. The van der Waals surface area contributed by atoms with E-state index in [1.165, 1.54) is 5.56 Å². The molecule has 0 aromatic heterocycles. The van der Waals surface area contributed by atoms with Crippen molar-refractivity contribution in [3.05, 3.63) is 129 Å². The number of hydrogen-bond donors (Lipinski definition) is 4. The van der Waals surface area contributed by atoms with Crippen molar-refractivity contribution in [2.24, 2.45) is 0 Å². The summed E-state index contributed by atoms with van der Waals surface area (Å²) in [7, 11) is 0. The molecule has 0 saturated heterocycles. The number of hydrogen-bond acceptors (Lipinski definition) is 5. The molecule has 0 unspecified atom stereocenters. The number of aryl methyl sites for hydroxylation is 1. The Morgan fingerprint density at radius 1 is 0.756 bits per heavy atom. The van der Waals surface area contributed by atoms with Crippen LogP contribution in [0.5, 0.6) is 5.75 Å². The fourth-order valence-electron chi connectivity index (χ4n) is 3.77. The van der Waals surface area contributed by atoms with E-state index in [4.69, 9.17) is 17.0 Å². The standard InChI is InChI=1S/C31H27BrN4O4S/c1-20-6-5-9-23(18-20)28(37)33-25-13-10-22(11-14-25)30(39)35-36-31(41)34-29(38)24-12-15-27(26(32)19-24)40-17-16-21-7-3-2-4-8-21/h2-15,18-19H,16-17H2,1H3,(H,33,37)(H,35,39)(H2,34,36,38,41). The largest absolute Gasteiger partial charge is 0.492 e. The number of rotatable bonds is 8. The molecule has 4 rings (SSSR count). The van der Waals surface area contributed by atoms with E-state index in [1.807, 2.05) is 49.4 Å². The SMILES string of the molecule is Cc1cccc(C(=O)Nc2ccc(C(=O)NNC(=S)NC(=O)c3ccc(OCCc4ccccc4)c(Br)c3)cc2)c1. The van der Waals surface area contributed by atoms with Gasteiger partial charge in [0.2, 0.25) is 0 Å². The molecule has 0 spiro atoms. The van der Waals surface area contributed by atoms with Crippen LogP contribution < -0.4 is 26.2 Å². The summed E-state index contributed by atoms with van der Waals surface area (Å²) < 4.78 is 6.46. The van der Waals surface area contributed by atoms with Crippen molar-refractivity contribution >= 4 is 56.7 Å². The molecule has 10 heteroatoms. The molecule has 0 radical (unpaired) electrons. The van der Waals surface area contributed by atoms with Gasteiger partial charge in [0.1, 0.15) is 5.75 Å². The maximum atomic E-state index is 12.6. The Kier molecular flexibility index (Phi) is 10.2. The van der Waals surface area contributed by atoms with Gasteiger partial charge in [-0.1, -0.05) is 48.0 Å². The van der Waals surface area contributed by atoms with E-state index >= 15 is 0 Å². The minimum Gasteiger partial charge on any atom is -0.492 e. The molecule has 0 bridgehead atoms. The van der Waals surface area contributed by atoms with Gasteiger partial charge in [0.25, 0.3) is 17.7 Å². The number of halogens is 1. The van der Waals surface area contributed by atoms with Gasteiger partial charge in [0, 0.05) is 28.8 Å². The van der Waals surface area contributed by atoms with E-state index in [0.29, 0.717) is 39.2 Å². The minimum atomic E-state index is -0.474. The zero-order valence-electron chi connectivity index (χ0n) is 22.1. The molecule has 8 nitrogen and oxygen atoms in total. The smallest absolute Gasteiger partial charge is 0.269 e. The highest BCUT2D eigenvalue weighted by Gasteiger charge is 2.13. The first-order valence-electron chi connectivity index (χ1n) is 12.6. The van der Waals surface area contributed by atoms with Crippen LogP contribution in [0.15, 0.2) is 102 Å². The van der Waals surface area contributed by atoms with Gasteiger partial charge in [0.05, 0.1) is 11.1 Å². The van der Waals surface area contributed by atoms with Crippen LogP contribution in [0.2, 0.25) is 0 Å². The number of carbonyl (C=O) groups excluding carboxylic acids is 3. The van der Waals surface area contributed by atoms with E-state index in [1.54, 1.807) is 54.6 Å². The Bertz CT molecular complexity index is 1560. The first-order valence-corrected chi connectivity index (χ1v) is 13.8. The Morgan fingerprint density at radius 3 is 2.17 bits per heavy atom. The van der Waals surface area contributed by atoms with Crippen molar-refractivity contribution in [2.45, 2.75) is 13.3 Å². The number of ether oxygens (including phenoxy) is 1. The second-order valence-electron chi connectivity index (χ2n) is 8.99. The number of anilines is 1. The third-order valence-corrected chi connectivity index (χ3v) is 6.71. The Hall–Kier alpha value is -4.54. The molecular weight excluding hydrogens is 604 g/mol. The molecule has 0 aliphatic rings. The van der Waals surface area contributed by atoms with Crippen LogP contribution in [-0.2, 0) is 6.42 Å². The molecule has 208 valence electrons. The third-order valence-electron chi connectivity index (χ3n) is 5.89. The average Bonchev–Trinajstić information content (AvgIpc) is 2.97. The van der Waals surface area contributed by atoms with Crippen LogP contribution in [0, 0.1) is 6.92 Å². The van der Waals surface area contributed by atoms with Gasteiger partial charge in [0.15, 0.2) is 5.11 Å². The van der Waals surface area contributed by atoms with Crippen molar-refractivity contribution < 1.29 is 19.1 Å². The van der Waals surface area contributed by atoms with Gasteiger partial charge >= 0.3 is 0 Å². The third kappa shape index (κ3) is 8.72. The summed E-state index contributed by atoms with van der Waals surface area (Å²) in [5.74, 6) is -0.558. The van der Waals surface area contributed by atoms with E-state index in [2.05, 4.69) is 37.4 Å². The number of carbonyl (C=O) groups is 3. The maximum Gasteiger partial charge on any atom is 0.269 e. The highest BCUT2D eigenvalue weighted by Crippen LogP contribution is 2.26. The normalized spacial score (nSPS) is 10.3. The van der Waals surface area contributed by atoms with Crippen molar-refractivity contribution in [3.8, 4) is 5.75 Å². The van der Waals surface area contributed by atoms with Gasteiger partial charge in [-0.15, -0.1) is 0 Å². The highest BCUT2D eigenvalue weighted by molar-refractivity contribution is 9.10. The lowest BCUT2D eigenvalue weighted by Crippen LogP contribution is -2.48. The Balaban J connectivity index is 1.22. The molecule has 4 N–H and O–H groups in total. The van der Waals surface area contributed by atoms with E-state index in [-0.39, 0.29) is 11.0 Å². The number of benzene rings is 4. The lowest BCUT2D eigenvalue weighted by Gasteiger charge is -2.12. The lowest BCUT2D eigenvalue weighted by molar-refractivity contribution is 0.0934. The number of hydrazine groups is 1. The van der Waals surface area contributed by atoms with Crippen LogP contribution in [0.1, 0.15) is 42.2 Å². The van der Waals surface area contributed by atoms with Gasteiger partial charge < -0.3 is 10.1 Å². The molecular formula is C31H27BrN4O4S. The van der Waals surface area contributed by atoms with Crippen LogP contribution in [-0.4, -0.2) is 29.4 Å². The van der Waals surface area contributed by atoms with Crippen LogP contribution >= 0.6 is 28.1 Å². The molecule has 0 saturated carbocycles. The van der Waals surface area contributed by atoms with E-state index in [9.17, 15) is 14.4 Å². The lowest BCUT2D eigenvalue weighted by atomic mass is 10.1. The zero-order chi connectivity index (χ0) is 29.2. The number of thiocarbonyl (C=S) groups is 1. The predicted octanol–water partition coefficient (Wildman–Crippen LogP) is 5.58. The first kappa shape index (κ1) is 29.4. The average molecular weight is 632 g/mol. The van der Waals surface area contributed by atoms with Gasteiger partial charge in [-0.05, 0) is 95.2 Å². The molecule has 0 fully saturated rings. The fraction of sp³-hybridized carbons (Fsp3) is 0.0968. The molecule has 41 heavy (non-hydrogen) atoms. The molecule has 3 amide bonds. The summed E-state index contributed by atoms with van der Waals surface area (Å²) in [6.07, 6.45) is 0.760. The van der Waals surface area contributed by atoms with Crippen LogP contribution in [0.4, 0.5) is 5.69 Å². The first-order chi connectivity index (χ1) is 19.8. The summed E-state index contributed by atoms with van der Waals surface area (Å²) in [6.45, 7) is 2.41. The van der Waals surface area contributed by atoms with Crippen LogP contribution in [0.25, 0.3) is 0 Å². The molecule has 4 aromatic rings. The fourth-order valence-corrected chi connectivity index (χ4v) is 4.41. The summed E-state index contributed by atoms with van der Waals surface area (Å²) in [4.78, 5) is 37.6. The van der Waals surface area contributed by atoms with E-state index < -0.39 is 11.8 Å². The van der Waals surface area contributed by atoms with Crippen LogP contribution in [0.3, 0.4) is 0 Å². The van der Waals surface area contributed by atoms with Crippen molar-refractivity contribution in [1.82, 2.24) is 16.2 Å². The maximum absolute atomic E-state index is 12.6. The predicted molar refractivity (Wildman–Crippen MR) is 166 cm³/mol. The van der Waals surface area contributed by atoms with E-state index in [0.717, 1.165) is 12.0 Å². The summed E-state index contributed by atoms with van der Waals surface area (Å²) in [5, 5.41) is 5.24. The van der Waals surface area contributed by atoms with Crippen molar-refractivity contribution in [3.63, 3.8) is 0 Å². The zero-order valence-corrected chi connectivity index (χ0v) is 24.5. The molecule has 4 aromatic carbocycles. The quantitative estimate of drug-likeness (QED) is 0.149. The van der Waals surface area contributed by atoms with Crippen molar-refractivity contribution in [1.29, 1.82) is 0 Å². The second-order valence-corrected chi connectivity index (χ2v) is 10.3. The van der Waals surface area contributed by atoms with Gasteiger partial charge in [-0.3, -0.25) is 30.6 Å². The Labute approximate surface area is 251 Å². The molecule has 0 aliphatic carbocycles. The highest BCUT2D eigenvalue weighted by atomic mass is 79.9. The summed E-state index contributed by atoms with van der Waals surface area (Å²) in [5.41, 5.74) is 8.88.